The highest BCUT2D eigenvalue weighted by molar-refractivity contribution is 9.10. The fraction of sp³-hybridized carbons (Fsp3) is 0.250. The fourth-order valence-electron chi connectivity index (χ4n) is 0.903. The second-order valence-electron chi connectivity index (χ2n) is 2.81. The first-order valence-corrected chi connectivity index (χ1v) is 4.45. The van der Waals surface area contributed by atoms with E-state index in [0.717, 1.165) is 6.07 Å². The van der Waals surface area contributed by atoms with Crippen molar-refractivity contribution in [1.29, 1.82) is 0 Å². The highest BCUT2D eigenvalue weighted by atomic mass is 79.9. The van der Waals surface area contributed by atoms with Crippen LogP contribution >= 0.6 is 15.9 Å². The fourth-order valence-corrected chi connectivity index (χ4v) is 1.15. The predicted molar refractivity (Wildman–Crippen MR) is 48.5 cm³/mol. The van der Waals surface area contributed by atoms with Gasteiger partial charge in [-0.2, -0.15) is 22.0 Å². The summed E-state index contributed by atoms with van der Waals surface area (Å²) in [4.78, 5) is 0. The Kier molecular flexibility index (Phi) is 2.95. The van der Waals surface area contributed by atoms with Crippen LogP contribution < -0.4 is 5.73 Å². The van der Waals surface area contributed by atoms with E-state index in [-0.39, 0.29) is 10.2 Å². The van der Waals surface area contributed by atoms with Crippen molar-refractivity contribution in [3.63, 3.8) is 0 Å². The molecule has 15 heavy (non-hydrogen) atoms. The zero-order valence-electron chi connectivity index (χ0n) is 7.08. The highest BCUT2D eigenvalue weighted by Crippen LogP contribution is 2.44. The molecule has 1 aromatic carbocycles. The molecule has 1 nitrogen and oxygen atoms in total. The third-order valence-electron chi connectivity index (χ3n) is 1.71. The predicted octanol–water partition coefficient (Wildman–Crippen LogP) is 3.69. The van der Waals surface area contributed by atoms with Gasteiger partial charge in [0.1, 0.15) is 0 Å². The molecule has 0 aromatic heterocycles. The van der Waals surface area contributed by atoms with E-state index >= 15 is 0 Å². The second-order valence-corrected chi connectivity index (χ2v) is 3.66. The van der Waals surface area contributed by atoms with E-state index in [9.17, 15) is 22.0 Å². The molecule has 0 atom stereocenters. The number of hydrogen-bond acceptors (Lipinski definition) is 1. The third kappa shape index (κ3) is 2.22. The van der Waals surface area contributed by atoms with Crippen molar-refractivity contribution in [3.05, 3.63) is 28.2 Å². The van der Waals surface area contributed by atoms with Crippen LogP contribution in [0.5, 0.6) is 0 Å². The first-order chi connectivity index (χ1) is 6.66. The molecule has 0 spiro atoms. The van der Waals surface area contributed by atoms with Crippen molar-refractivity contribution in [2.24, 2.45) is 0 Å². The molecule has 2 N–H and O–H groups in total. The zero-order chi connectivity index (χ0) is 11.9. The van der Waals surface area contributed by atoms with Crippen molar-refractivity contribution >= 4 is 21.6 Å². The van der Waals surface area contributed by atoms with Crippen LogP contribution in [0.2, 0.25) is 0 Å². The van der Waals surface area contributed by atoms with Gasteiger partial charge in [0.15, 0.2) is 0 Å². The van der Waals surface area contributed by atoms with Crippen LogP contribution in [0.4, 0.5) is 27.6 Å². The number of halogens is 6. The van der Waals surface area contributed by atoms with E-state index < -0.39 is 17.7 Å². The number of hydrogen-bond donors (Lipinski definition) is 1. The van der Waals surface area contributed by atoms with Gasteiger partial charge in [-0.1, -0.05) is 6.07 Å². The van der Waals surface area contributed by atoms with Gasteiger partial charge in [0.2, 0.25) is 0 Å². The molecule has 1 aromatic rings. The standard InChI is InChI=1S/C8H5BrF5N/c9-5-2-1-4(3-6(5)15)7(10,11)8(12,13)14/h1-3H,15H2. The van der Waals surface area contributed by atoms with Crippen molar-refractivity contribution in [1.82, 2.24) is 0 Å². The summed E-state index contributed by atoms with van der Waals surface area (Å²) in [5, 5.41) is 0. The van der Waals surface area contributed by atoms with Crippen LogP contribution in [0.3, 0.4) is 0 Å². The van der Waals surface area contributed by atoms with Crippen molar-refractivity contribution in [3.8, 4) is 0 Å². The monoisotopic (exact) mass is 289 g/mol. The molecule has 0 saturated heterocycles. The van der Waals surface area contributed by atoms with Crippen molar-refractivity contribution in [2.45, 2.75) is 12.1 Å². The Morgan fingerprint density at radius 1 is 1.07 bits per heavy atom. The molecule has 84 valence electrons. The SMILES string of the molecule is Nc1cc(C(F)(F)C(F)(F)F)ccc1Br. The Labute approximate surface area is 90.2 Å². The lowest BCUT2D eigenvalue weighted by atomic mass is 10.1. The first kappa shape index (κ1) is 12.2. The lowest BCUT2D eigenvalue weighted by molar-refractivity contribution is -0.289. The molecule has 0 bridgehead atoms. The first-order valence-electron chi connectivity index (χ1n) is 3.66. The minimum Gasteiger partial charge on any atom is -0.398 e. The van der Waals surface area contributed by atoms with Gasteiger partial charge in [-0.15, -0.1) is 0 Å². The van der Waals surface area contributed by atoms with Gasteiger partial charge in [0.25, 0.3) is 0 Å². The maximum atomic E-state index is 12.8. The van der Waals surface area contributed by atoms with E-state index in [1.807, 2.05) is 0 Å². The summed E-state index contributed by atoms with van der Waals surface area (Å²) >= 11 is 2.90. The maximum Gasteiger partial charge on any atom is 0.458 e. The van der Waals surface area contributed by atoms with Gasteiger partial charge >= 0.3 is 12.1 Å². The molecular formula is C8H5BrF5N. The average Bonchev–Trinajstić information content (AvgIpc) is 2.07. The highest BCUT2D eigenvalue weighted by Gasteiger charge is 2.58. The van der Waals surface area contributed by atoms with Gasteiger partial charge in [-0.25, -0.2) is 0 Å². The Balaban J connectivity index is 3.22. The Bertz CT molecular complexity index is 374. The average molecular weight is 290 g/mol. The summed E-state index contributed by atoms with van der Waals surface area (Å²) in [5.74, 6) is -4.89. The molecule has 7 heteroatoms. The summed E-state index contributed by atoms with van der Waals surface area (Å²) < 4.78 is 61.7. The largest absolute Gasteiger partial charge is 0.458 e. The number of anilines is 1. The summed E-state index contributed by atoms with van der Waals surface area (Å²) in [7, 11) is 0. The number of nitrogen functional groups attached to an aromatic ring is 1. The molecule has 0 amide bonds. The van der Waals surface area contributed by atoms with Crippen LogP contribution in [-0.2, 0) is 5.92 Å². The molecular weight excluding hydrogens is 285 g/mol. The van der Waals surface area contributed by atoms with Gasteiger partial charge < -0.3 is 5.73 Å². The summed E-state index contributed by atoms with van der Waals surface area (Å²) in [5.41, 5.74) is 3.87. The van der Waals surface area contributed by atoms with Gasteiger partial charge in [0.05, 0.1) is 0 Å². The van der Waals surface area contributed by atoms with E-state index in [1.165, 1.54) is 0 Å². The van der Waals surface area contributed by atoms with Crippen molar-refractivity contribution < 1.29 is 22.0 Å². The number of nitrogens with two attached hydrogens (primary N) is 1. The van der Waals surface area contributed by atoms with E-state index in [1.54, 1.807) is 0 Å². The Hall–Kier alpha value is -0.850. The van der Waals surface area contributed by atoms with Crippen LogP contribution in [0.1, 0.15) is 5.56 Å². The van der Waals surface area contributed by atoms with E-state index in [4.69, 9.17) is 5.73 Å². The molecule has 0 aliphatic rings. The quantitative estimate of drug-likeness (QED) is 0.619. The Morgan fingerprint density at radius 2 is 1.60 bits per heavy atom. The molecule has 0 aliphatic carbocycles. The van der Waals surface area contributed by atoms with Crippen molar-refractivity contribution in [2.75, 3.05) is 5.73 Å². The number of benzene rings is 1. The zero-order valence-corrected chi connectivity index (χ0v) is 8.66. The molecule has 0 heterocycles. The van der Waals surface area contributed by atoms with Crippen LogP contribution in [0.25, 0.3) is 0 Å². The molecule has 0 fully saturated rings. The van der Waals surface area contributed by atoms with Crippen LogP contribution in [0.15, 0.2) is 22.7 Å². The maximum absolute atomic E-state index is 12.8. The normalized spacial score (nSPS) is 12.9. The summed E-state index contributed by atoms with van der Waals surface area (Å²) in [6, 6.07) is 2.32. The van der Waals surface area contributed by atoms with Gasteiger partial charge in [0, 0.05) is 15.7 Å². The van der Waals surface area contributed by atoms with E-state index in [0.29, 0.717) is 12.1 Å². The summed E-state index contributed by atoms with van der Waals surface area (Å²) in [6.07, 6.45) is -5.62. The van der Waals surface area contributed by atoms with Gasteiger partial charge in [-0.3, -0.25) is 0 Å². The molecule has 0 aliphatic heterocycles. The lowest BCUT2D eigenvalue weighted by Crippen LogP contribution is -2.33. The minimum absolute atomic E-state index is 0.170. The van der Waals surface area contributed by atoms with Crippen LogP contribution in [0, 0.1) is 0 Å². The topological polar surface area (TPSA) is 26.0 Å². The molecule has 0 radical (unpaired) electrons. The van der Waals surface area contributed by atoms with Gasteiger partial charge in [-0.05, 0) is 28.1 Å². The summed E-state index contributed by atoms with van der Waals surface area (Å²) in [6.45, 7) is 0. The molecule has 0 saturated carbocycles. The van der Waals surface area contributed by atoms with Crippen LogP contribution in [-0.4, -0.2) is 6.18 Å². The molecule has 0 unspecified atom stereocenters. The third-order valence-corrected chi connectivity index (χ3v) is 2.44. The lowest BCUT2D eigenvalue weighted by Gasteiger charge is -2.20. The Morgan fingerprint density at radius 3 is 2.00 bits per heavy atom. The second kappa shape index (κ2) is 3.62. The molecule has 1 rings (SSSR count). The van der Waals surface area contributed by atoms with E-state index in [2.05, 4.69) is 15.9 Å². The number of rotatable bonds is 1. The minimum atomic E-state index is -5.62. The number of alkyl halides is 5. The smallest absolute Gasteiger partial charge is 0.398 e.